The van der Waals surface area contributed by atoms with Crippen LogP contribution in [0.1, 0.15) is 30.1 Å². The van der Waals surface area contributed by atoms with Gasteiger partial charge in [-0.3, -0.25) is 0 Å². The molecule has 2 aromatic rings. The zero-order valence-electron chi connectivity index (χ0n) is 12.9. The van der Waals surface area contributed by atoms with Crippen LogP contribution >= 0.6 is 0 Å². The highest BCUT2D eigenvalue weighted by Gasteiger charge is 2.29. The second-order valence-corrected chi connectivity index (χ2v) is 6.17. The summed E-state index contributed by atoms with van der Waals surface area (Å²) < 4.78 is 6.33. The minimum Gasteiger partial charge on any atom is -0.485 e. The first-order chi connectivity index (χ1) is 10.2. The van der Waals surface area contributed by atoms with Crippen LogP contribution in [0.2, 0.25) is 0 Å². The molecule has 2 aromatic carbocycles. The normalized spacial score (nSPS) is 21.7. The molecule has 0 fully saturated rings. The summed E-state index contributed by atoms with van der Waals surface area (Å²) in [4.78, 5) is 1.52. The monoisotopic (exact) mass is 282 g/mol. The average molecular weight is 282 g/mol. The summed E-state index contributed by atoms with van der Waals surface area (Å²) >= 11 is 0. The summed E-state index contributed by atoms with van der Waals surface area (Å²) in [5.74, 6) is 0.965. The summed E-state index contributed by atoms with van der Waals surface area (Å²) in [5.41, 5.74) is 2.81. The highest BCUT2D eigenvalue weighted by Crippen LogP contribution is 2.32. The van der Waals surface area contributed by atoms with Gasteiger partial charge in [0.25, 0.3) is 0 Å². The number of para-hydroxylation sites is 1. The van der Waals surface area contributed by atoms with E-state index in [1.165, 1.54) is 22.4 Å². The van der Waals surface area contributed by atoms with Crippen molar-refractivity contribution in [2.75, 3.05) is 14.1 Å². The van der Waals surface area contributed by atoms with Crippen LogP contribution in [0, 0.1) is 0 Å². The second kappa shape index (κ2) is 6.31. The van der Waals surface area contributed by atoms with Crippen LogP contribution in [-0.2, 0) is 6.42 Å². The topological polar surface area (TPSA) is 13.7 Å². The minimum atomic E-state index is 0.158. The van der Waals surface area contributed by atoms with Crippen molar-refractivity contribution in [1.82, 2.24) is 0 Å². The van der Waals surface area contributed by atoms with Crippen LogP contribution in [0.5, 0.6) is 5.75 Å². The Bertz CT molecular complexity index is 579. The van der Waals surface area contributed by atoms with Gasteiger partial charge < -0.3 is 9.64 Å². The lowest BCUT2D eigenvalue weighted by atomic mass is 10.0. The molecule has 0 saturated heterocycles. The first-order valence-electron chi connectivity index (χ1n) is 7.83. The summed E-state index contributed by atoms with van der Waals surface area (Å²) in [5, 5.41) is 0. The maximum absolute atomic E-state index is 6.33. The number of benzene rings is 2. The van der Waals surface area contributed by atoms with Crippen LogP contribution in [-0.4, -0.2) is 20.1 Å². The van der Waals surface area contributed by atoms with E-state index in [-0.39, 0.29) is 6.10 Å². The quantitative estimate of drug-likeness (QED) is 0.855. The number of ether oxygens (including phenoxy) is 1. The molecule has 0 spiro atoms. The molecule has 0 amide bonds. The largest absolute Gasteiger partial charge is 0.485 e. The highest BCUT2D eigenvalue weighted by atomic mass is 16.5. The smallest absolute Gasteiger partial charge is 0.130 e. The molecule has 1 N–H and O–H groups in total. The van der Waals surface area contributed by atoms with Gasteiger partial charge in [-0.25, -0.2) is 0 Å². The van der Waals surface area contributed by atoms with E-state index in [9.17, 15) is 0 Å². The molecule has 0 radical (unpaired) electrons. The number of hydrogen-bond acceptors (Lipinski definition) is 1. The van der Waals surface area contributed by atoms with E-state index in [0.29, 0.717) is 6.04 Å². The number of fused-ring (bicyclic) bond motifs is 1. The van der Waals surface area contributed by atoms with Gasteiger partial charge in [-0.1, -0.05) is 42.5 Å². The lowest BCUT2D eigenvalue weighted by molar-refractivity contribution is -0.886. The van der Waals surface area contributed by atoms with Crippen LogP contribution in [0.15, 0.2) is 54.6 Å². The molecule has 2 heteroatoms. The van der Waals surface area contributed by atoms with Crippen molar-refractivity contribution in [2.24, 2.45) is 0 Å². The Morgan fingerprint density at radius 2 is 1.67 bits per heavy atom. The minimum absolute atomic E-state index is 0.158. The molecule has 110 valence electrons. The molecular weight excluding hydrogens is 258 g/mol. The zero-order chi connectivity index (χ0) is 14.7. The van der Waals surface area contributed by atoms with Crippen LogP contribution < -0.4 is 9.64 Å². The number of rotatable bonds is 3. The summed E-state index contributed by atoms with van der Waals surface area (Å²) in [7, 11) is 4.50. The molecular formula is C19H24NO+. The van der Waals surface area contributed by atoms with Crippen molar-refractivity contribution in [3.05, 3.63) is 65.7 Å². The average Bonchev–Trinajstić information content (AvgIpc) is 2.69. The van der Waals surface area contributed by atoms with Gasteiger partial charge in [0.15, 0.2) is 0 Å². The second-order valence-electron chi connectivity index (χ2n) is 6.17. The Hall–Kier alpha value is -1.80. The lowest BCUT2D eigenvalue weighted by Crippen LogP contribution is -3.10. The van der Waals surface area contributed by atoms with Crippen molar-refractivity contribution < 1.29 is 9.64 Å². The SMILES string of the molecule is C[NH+](C)C1CCc2ccccc2C(Oc2ccccc2)C1. The van der Waals surface area contributed by atoms with Gasteiger partial charge in [0, 0.05) is 12.8 Å². The molecule has 21 heavy (non-hydrogen) atoms. The molecule has 0 aliphatic heterocycles. The number of nitrogens with one attached hydrogen (secondary N) is 1. The fourth-order valence-electron chi connectivity index (χ4n) is 3.21. The molecule has 2 nitrogen and oxygen atoms in total. The number of hydrogen-bond donors (Lipinski definition) is 1. The maximum Gasteiger partial charge on any atom is 0.130 e. The molecule has 0 aromatic heterocycles. The van der Waals surface area contributed by atoms with E-state index in [0.717, 1.165) is 18.6 Å². The highest BCUT2D eigenvalue weighted by molar-refractivity contribution is 5.32. The molecule has 2 atom stereocenters. The van der Waals surface area contributed by atoms with Crippen LogP contribution in [0.3, 0.4) is 0 Å². The van der Waals surface area contributed by atoms with Gasteiger partial charge in [-0.05, 0) is 29.7 Å². The zero-order valence-corrected chi connectivity index (χ0v) is 12.9. The fourth-order valence-corrected chi connectivity index (χ4v) is 3.21. The van der Waals surface area contributed by atoms with E-state index < -0.39 is 0 Å². The van der Waals surface area contributed by atoms with E-state index in [1.54, 1.807) is 0 Å². The van der Waals surface area contributed by atoms with E-state index in [4.69, 9.17) is 4.74 Å². The van der Waals surface area contributed by atoms with Gasteiger partial charge >= 0.3 is 0 Å². The summed E-state index contributed by atoms with van der Waals surface area (Å²) in [6.45, 7) is 0. The third-order valence-electron chi connectivity index (χ3n) is 4.50. The first kappa shape index (κ1) is 14.2. The van der Waals surface area contributed by atoms with Gasteiger partial charge in [0.1, 0.15) is 11.9 Å². The molecule has 2 unspecified atom stereocenters. The Morgan fingerprint density at radius 3 is 2.43 bits per heavy atom. The van der Waals surface area contributed by atoms with E-state index >= 15 is 0 Å². The Labute approximate surface area is 127 Å². The van der Waals surface area contributed by atoms with Gasteiger partial charge in [0.2, 0.25) is 0 Å². The van der Waals surface area contributed by atoms with Crippen molar-refractivity contribution in [1.29, 1.82) is 0 Å². The van der Waals surface area contributed by atoms with E-state index in [2.05, 4.69) is 38.4 Å². The predicted molar refractivity (Wildman–Crippen MR) is 85.8 cm³/mol. The number of quaternary nitrogens is 1. The van der Waals surface area contributed by atoms with Crippen molar-refractivity contribution in [2.45, 2.75) is 31.4 Å². The van der Waals surface area contributed by atoms with Gasteiger partial charge in [0.05, 0.1) is 20.1 Å². The molecule has 0 bridgehead atoms. The van der Waals surface area contributed by atoms with Crippen LogP contribution in [0.25, 0.3) is 0 Å². The summed E-state index contributed by atoms with van der Waals surface area (Å²) in [6.07, 6.45) is 3.62. The Kier molecular flexibility index (Phi) is 4.26. The molecule has 0 saturated carbocycles. The molecule has 3 rings (SSSR count). The van der Waals surface area contributed by atoms with Crippen LogP contribution in [0.4, 0.5) is 0 Å². The van der Waals surface area contributed by atoms with Crippen molar-refractivity contribution >= 4 is 0 Å². The number of aryl methyl sites for hydroxylation is 1. The molecule has 1 aliphatic carbocycles. The van der Waals surface area contributed by atoms with E-state index in [1.807, 2.05) is 30.3 Å². The third kappa shape index (κ3) is 3.27. The Morgan fingerprint density at radius 1 is 0.952 bits per heavy atom. The first-order valence-corrected chi connectivity index (χ1v) is 7.83. The summed E-state index contributed by atoms with van der Waals surface area (Å²) in [6, 6.07) is 19.6. The molecule has 0 heterocycles. The standard InChI is InChI=1S/C19H23NO/c1-20(2)16-13-12-15-8-6-7-11-18(15)19(14-16)21-17-9-4-3-5-10-17/h3-11,16,19H,12-14H2,1-2H3/p+1. The van der Waals surface area contributed by atoms with Gasteiger partial charge in [-0.15, -0.1) is 0 Å². The van der Waals surface area contributed by atoms with Gasteiger partial charge in [-0.2, -0.15) is 0 Å². The van der Waals surface area contributed by atoms with Crippen molar-refractivity contribution in [3.8, 4) is 5.75 Å². The lowest BCUT2D eigenvalue weighted by Gasteiger charge is -2.24. The maximum atomic E-state index is 6.33. The molecule has 1 aliphatic rings. The fraction of sp³-hybridized carbons (Fsp3) is 0.368. The third-order valence-corrected chi connectivity index (χ3v) is 4.50. The van der Waals surface area contributed by atoms with Crippen molar-refractivity contribution in [3.63, 3.8) is 0 Å². The Balaban J connectivity index is 1.90. The predicted octanol–water partition coefficient (Wildman–Crippen LogP) is 2.66.